The lowest BCUT2D eigenvalue weighted by Crippen LogP contribution is -2.53. The molecule has 0 aromatic carbocycles. The molecule has 1 saturated heterocycles. The average molecular weight is 210 g/mol. The first-order chi connectivity index (χ1) is 7.12. The third kappa shape index (κ3) is 2.54. The summed E-state index contributed by atoms with van der Waals surface area (Å²) in [7, 11) is 2.08. The second-order valence-electron chi connectivity index (χ2n) is 6.16. The Morgan fingerprint density at radius 2 is 1.87 bits per heavy atom. The van der Waals surface area contributed by atoms with E-state index in [0.717, 1.165) is 12.0 Å². The van der Waals surface area contributed by atoms with Crippen molar-refractivity contribution in [2.45, 2.75) is 45.6 Å². The van der Waals surface area contributed by atoms with Gasteiger partial charge >= 0.3 is 0 Å². The fourth-order valence-corrected chi connectivity index (χ4v) is 2.99. The Bertz CT molecular complexity index is 203. The van der Waals surface area contributed by atoms with Crippen molar-refractivity contribution in [1.82, 2.24) is 10.2 Å². The van der Waals surface area contributed by atoms with E-state index in [1.165, 1.54) is 45.3 Å². The van der Waals surface area contributed by atoms with Crippen LogP contribution in [0.25, 0.3) is 0 Å². The SMILES string of the molecule is CNCC1CCC1N1CCC(C)(C)CC1. The quantitative estimate of drug-likeness (QED) is 0.767. The lowest BCUT2D eigenvalue weighted by Gasteiger charge is -2.48. The number of hydrogen-bond donors (Lipinski definition) is 1. The molecule has 2 nitrogen and oxygen atoms in total. The molecule has 2 unspecified atom stereocenters. The van der Waals surface area contributed by atoms with Crippen LogP contribution in [0, 0.1) is 11.3 Å². The molecule has 2 atom stereocenters. The third-order valence-corrected chi connectivity index (χ3v) is 4.46. The van der Waals surface area contributed by atoms with Crippen LogP contribution in [0.3, 0.4) is 0 Å². The molecular formula is C13H26N2. The first-order valence-corrected chi connectivity index (χ1v) is 6.51. The molecule has 15 heavy (non-hydrogen) atoms. The van der Waals surface area contributed by atoms with E-state index in [-0.39, 0.29) is 0 Å². The molecule has 1 aliphatic carbocycles. The third-order valence-electron chi connectivity index (χ3n) is 4.46. The van der Waals surface area contributed by atoms with Crippen molar-refractivity contribution in [3.05, 3.63) is 0 Å². The molecule has 0 radical (unpaired) electrons. The highest BCUT2D eigenvalue weighted by Gasteiger charge is 2.37. The molecule has 1 heterocycles. The van der Waals surface area contributed by atoms with E-state index >= 15 is 0 Å². The van der Waals surface area contributed by atoms with Gasteiger partial charge in [0.25, 0.3) is 0 Å². The van der Waals surface area contributed by atoms with Crippen LogP contribution in [-0.2, 0) is 0 Å². The zero-order chi connectivity index (χ0) is 10.9. The number of rotatable bonds is 3. The summed E-state index contributed by atoms with van der Waals surface area (Å²) >= 11 is 0. The van der Waals surface area contributed by atoms with Crippen molar-refractivity contribution in [2.75, 3.05) is 26.7 Å². The Hall–Kier alpha value is -0.0800. The normalized spacial score (nSPS) is 36.2. The molecule has 2 heteroatoms. The van der Waals surface area contributed by atoms with Crippen LogP contribution in [-0.4, -0.2) is 37.6 Å². The molecule has 0 bridgehead atoms. The lowest BCUT2D eigenvalue weighted by atomic mass is 9.75. The predicted molar refractivity (Wildman–Crippen MR) is 65.0 cm³/mol. The zero-order valence-electron chi connectivity index (χ0n) is 10.6. The minimum Gasteiger partial charge on any atom is -0.319 e. The van der Waals surface area contributed by atoms with Crippen LogP contribution in [0.5, 0.6) is 0 Å². The standard InChI is InChI=1S/C13H26N2/c1-13(2)6-8-15(9-7-13)12-5-4-11(12)10-14-3/h11-12,14H,4-10H2,1-3H3. The van der Waals surface area contributed by atoms with Crippen molar-refractivity contribution in [1.29, 1.82) is 0 Å². The Morgan fingerprint density at radius 3 is 2.33 bits per heavy atom. The van der Waals surface area contributed by atoms with Gasteiger partial charge in [0.15, 0.2) is 0 Å². The summed E-state index contributed by atoms with van der Waals surface area (Å²) in [5.41, 5.74) is 0.596. The van der Waals surface area contributed by atoms with Crippen molar-refractivity contribution < 1.29 is 0 Å². The van der Waals surface area contributed by atoms with Gasteiger partial charge in [-0.2, -0.15) is 0 Å². The van der Waals surface area contributed by atoms with E-state index in [2.05, 4.69) is 31.1 Å². The van der Waals surface area contributed by atoms with Gasteiger partial charge in [0.05, 0.1) is 0 Å². The van der Waals surface area contributed by atoms with Gasteiger partial charge in [-0.1, -0.05) is 13.8 Å². The highest BCUT2D eigenvalue weighted by Crippen LogP contribution is 2.37. The first kappa shape index (κ1) is 11.4. The number of likely N-dealkylation sites (tertiary alicyclic amines) is 1. The van der Waals surface area contributed by atoms with Crippen LogP contribution < -0.4 is 5.32 Å². The zero-order valence-corrected chi connectivity index (χ0v) is 10.6. The maximum Gasteiger partial charge on any atom is 0.0136 e. The van der Waals surface area contributed by atoms with E-state index in [9.17, 15) is 0 Å². The maximum atomic E-state index is 3.33. The van der Waals surface area contributed by atoms with Gasteiger partial charge in [-0.3, -0.25) is 0 Å². The molecule has 1 aliphatic heterocycles. The summed E-state index contributed by atoms with van der Waals surface area (Å²) in [5, 5.41) is 3.33. The van der Waals surface area contributed by atoms with Gasteiger partial charge in [0.1, 0.15) is 0 Å². The highest BCUT2D eigenvalue weighted by atomic mass is 15.2. The van der Waals surface area contributed by atoms with E-state index in [0.29, 0.717) is 5.41 Å². The van der Waals surface area contributed by atoms with Gasteiger partial charge in [-0.05, 0) is 63.7 Å². The summed E-state index contributed by atoms with van der Waals surface area (Å²) in [5.74, 6) is 0.927. The largest absolute Gasteiger partial charge is 0.319 e. The van der Waals surface area contributed by atoms with Gasteiger partial charge < -0.3 is 10.2 Å². The van der Waals surface area contributed by atoms with Gasteiger partial charge in [-0.25, -0.2) is 0 Å². The molecule has 2 rings (SSSR count). The molecular weight excluding hydrogens is 184 g/mol. The monoisotopic (exact) mass is 210 g/mol. The number of hydrogen-bond acceptors (Lipinski definition) is 2. The van der Waals surface area contributed by atoms with Crippen molar-refractivity contribution in [3.63, 3.8) is 0 Å². The Kier molecular flexibility index (Phi) is 3.36. The topological polar surface area (TPSA) is 15.3 Å². The summed E-state index contributed by atoms with van der Waals surface area (Å²) < 4.78 is 0. The van der Waals surface area contributed by atoms with Crippen LogP contribution >= 0.6 is 0 Å². The minimum absolute atomic E-state index is 0.596. The number of piperidine rings is 1. The second-order valence-corrected chi connectivity index (χ2v) is 6.16. The first-order valence-electron chi connectivity index (χ1n) is 6.51. The molecule has 1 saturated carbocycles. The van der Waals surface area contributed by atoms with Crippen LogP contribution in [0.4, 0.5) is 0 Å². The Labute approximate surface area is 94.4 Å². The molecule has 88 valence electrons. The fraction of sp³-hybridized carbons (Fsp3) is 1.00. The molecule has 0 spiro atoms. The van der Waals surface area contributed by atoms with Gasteiger partial charge in [0, 0.05) is 6.04 Å². The van der Waals surface area contributed by atoms with E-state index in [1.54, 1.807) is 0 Å². The summed E-state index contributed by atoms with van der Waals surface area (Å²) in [6, 6.07) is 0.897. The number of nitrogens with zero attached hydrogens (tertiary/aromatic N) is 1. The lowest BCUT2D eigenvalue weighted by molar-refractivity contribution is 0.0184. The van der Waals surface area contributed by atoms with Gasteiger partial charge in [-0.15, -0.1) is 0 Å². The van der Waals surface area contributed by atoms with Crippen molar-refractivity contribution in [3.8, 4) is 0 Å². The van der Waals surface area contributed by atoms with Crippen LogP contribution in [0.15, 0.2) is 0 Å². The van der Waals surface area contributed by atoms with E-state index in [1.807, 2.05) is 0 Å². The second kappa shape index (κ2) is 4.42. The molecule has 0 aromatic rings. The average Bonchev–Trinajstić information content (AvgIpc) is 2.16. The predicted octanol–water partition coefficient (Wildman–Crippen LogP) is 2.11. The van der Waals surface area contributed by atoms with Crippen LogP contribution in [0.1, 0.15) is 39.5 Å². The van der Waals surface area contributed by atoms with Crippen molar-refractivity contribution >= 4 is 0 Å². The fourth-order valence-electron chi connectivity index (χ4n) is 2.99. The summed E-state index contributed by atoms with van der Waals surface area (Å²) in [6.07, 6.45) is 5.64. The molecule has 0 aromatic heterocycles. The number of nitrogens with one attached hydrogen (secondary N) is 1. The summed E-state index contributed by atoms with van der Waals surface area (Å²) in [4.78, 5) is 2.75. The minimum atomic E-state index is 0.596. The van der Waals surface area contributed by atoms with Crippen molar-refractivity contribution in [2.24, 2.45) is 11.3 Å². The van der Waals surface area contributed by atoms with E-state index < -0.39 is 0 Å². The maximum absolute atomic E-state index is 3.33. The Balaban J connectivity index is 1.81. The van der Waals surface area contributed by atoms with E-state index in [4.69, 9.17) is 0 Å². The molecule has 2 aliphatic rings. The highest BCUT2D eigenvalue weighted by molar-refractivity contribution is 4.92. The van der Waals surface area contributed by atoms with Crippen LogP contribution in [0.2, 0.25) is 0 Å². The smallest absolute Gasteiger partial charge is 0.0136 e. The summed E-state index contributed by atoms with van der Waals surface area (Å²) in [6.45, 7) is 8.70. The molecule has 0 amide bonds. The van der Waals surface area contributed by atoms with Gasteiger partial charge in [0.2, 0.25) is 0 Å². The molecule has 2 fully saturated rings. The Morgan fingerprint density at radius 1 is 1.20 bits per heavy atom. The molecule has 1 N–H and O–H groups in total.